The van der Waals surface area contributed by atoms with Gasteiger partial charge >= 0.3 is 0 Å². The van der Waals surface area contributed by atoms with Crippen molar-refractivity contribution in [2.75, 3.05) is 0 Å². The molecule has 0 amide bonds. The number of hydrogen-bond donors (Lipinski definition) is 0. The number of hydrogen-bond acceptors (Lipinski definition) is 2. The molecule has 0 spiro atoms. The van der Waals surface area contributed by atoms with E-state index in [0.29, 0.717) is 0 Å². The fourth-order valence-electron chi connectivity index (χ4n) is 3.67. The van der Waals surface area contributed by atoms with Crippen molar-refractivity contribution in [3.8, 4) is 0 Å². The Morgan fingerprint density at radius 2 is 1.55 bits per heavy atom. The van der Waals surface area contributed by atoms with Gasteiger partial charge in [0.2, 0.25) is 0 Å². The van der Waals surface area contributed by atoms with Gasteiger partial charge in [0.1, 0.15) is 5.60 Å². The molecule has 2 unspecified atom stereocenters. The third kappa shape index (κ3) is 1.40. The minimum Gasteiger partial charge on any atom is -0.349 e. The first-order chi connectivity index (χ1) is 9.79. The Morgan fingerprint density at radius 1 is 0.900 bits per heavy atom. The molecule has 0 N–H and O–H groups in total. The fourth-order valence-corrected chi connectivity index (χ4v) is 3.67. The first-order valence-corrected chi connectivity index (χ1v) is 7.14. The van der Waals surface area contributed by atoms with Crippen molar-refractivity contribution in [3.63, 3.8) is 0 Å². The largest absolute Gasteiger partial charge is 0.349 e. The topological polar surface area (TPSA) is 29.6 Å². The van der Waals surface area contributed by atoms with E-state index >= 15 is 0 Å². The number of Topliss-reactive ketones (excluding diaryl/α,β-unsaturated/α-hetero) is 1. The first kappa shape index (κ1) is 11.9. The van der Waals surface area contributed by atoms with Crippen LogP contribution in [0.15, 0.2) is 60.7 Å². The van der Waals surface area contributed by atoms with Crippen LogP contribution in [0.25, 0.3) is 0 Å². The van der Waals surface area contributed by atoms with Gasteiger partial charge in [-0.25, -0.2) is 0 Å². The van der Waals surface area contributed by atoms with Gasteiger partial charge in [0, 0.05) is 5.56 Å². The molecule has 0 bridgehead atoms. The fraction of sp³-hybridized carbons (Fsp3) is 0.278. The Morgan fingerprint density at radius 3 is 2.25 bits per heavy atom. The number of carbonyl (C=O) groups is 1. The summed E-state index contributed by atoms with van der Waals surface area (Å²) >= 11 is 0. The van der Waals surface area contributed by atoms with Gasteiger partial charge in [-0.2, -0.15) is 0 Å². The number of rotatable bonds is 3. The van der Waals surface area contributed by atoms with E-state index in [9.17, 15) is 4.79 Å². The third-order valence-electron chi connectivity index (χ3n) is 4.66. The summed E-state index contributed by atoms with van der Waals surface area (Å²) < 4.78 is 6.08. The first-order valence-electron chi connectivity index (χ1n) is 7.14. The molecule has 2 aromatic carbocycles. The predicted molar refractivity (Wildman–Crippen MR) is 76.6 cm³/mol. The molecule has 2 heteroatoms. The molecule has 1 saturated carbocycles. The summed E-state index contributed by atoms with van der Waals surface area (Å²) in [6, 6.07) is 19.7. The normalized spacial score (nSPS) is 30.8. The van der Waals surface area contributed by atoms with E-state index in [4.69, 9.17) is 4.74 Å². The van der Waals surface area contributed by atoms with Crippen molar-refractivity contribution in [1.29, 1.82) is 0 Å². The van der Waals surface area contributed by atoms with E-state index in [1.54, 1.807) is 0 Å². The van der Waals surface area contributed by atoms with Crippen LogP contribution in [0.1, 0.15) is 35.2 Å². The molecule has 4 rings (SSSR count). The van der Waals surface area contributed by atoms with Crippen molar-refractivity contribution in [1.82, 2.24) is 0 Å². The third-order valence-corrected chi connectivity index (χ3v) is 4.66. The van der Waals surface area contributed by atoms with Crippen LogP contribution in [0.5, 0.6) is 0 Å². The second-order valence-corrected chi connectivity index (χ2v) is 5.67. The van der Waals surface area contributed by atoms with E-state index in [2.05, 4.69) is 12.1 Å². The van der Waals surface area contributed by atoms with Gasteiger partial charge in [-0.3, -0.25) is 4.79 Å². The van der Waals surface area contributed by atoms with Crippen molar-refractivity contribution in [2.45, 2.75) is 30.5 Å². The molecule has 20 heavy (non-hydrogen) atoms. The molecule has 1 heterocycles. The molecular weight excluding hydrogens is 248 g/mol. The van der Waals surface area contributed by atoms with Crippen LogP contribution in [0.2, 0.25) is 0 Å². The number of epoxide rings is 1. The SMILES string of the molecule is O=C(c1ccccc1)C12CCCC1(c1ccccc1)O2. The zero-order valence-electron chi connectivity index (χ0n) is 11.2. The molecule has 0 radical (unpaired) electrons. The van der Waals surface area contributed by atoms with E-state index in [-0.39, 0.29) is 11.4 Å². The summed E-state index contributed by atoms with van der Waals surface area (Å²) in [5.74, 6) is 0.138. The maximum atomic E-state index is 12.9. The molecule has 1 aliphatic carbocycles. The van der Waals surface area contributed by atoms with Crippen molar-refractivity contribution >= 4 is 5.78 Å². The second kappa shape index (κ2) is 4.03. The van der Waals surface area contributed by atoms with Crippen molar-refractivity contribution in [2.24, 2.45) is 0 Å². The van der Waals surface area contributed by atoms with E-state index in [1.165, 1.54) is 0 Å². The lowest BCUT2D eigenvalue weighted by Crippen LogP contribution is -2.28. The highest BCUT2D eigenvalue weighted by Gasteiger charge is 2.76. The highest BCUT2D eigenvalue weighted by molar-refractivity contribution is 6.06. The monoisotopic (exact) mass is 264 g/mol. The molecule has 2 atom stereocenters. The Hall–Kier alpha value is -1.93. The Bertz CT molecular complexity index is 650. The average Bonchev–Trinajstić information content (AvgIpc) is 3.06. The Labute approximate surface area is 118 Å². The lowest BCUT2D eigenvalue weighted by molar-refractivity contribution is 0.0857. The summed E-state index contributed by atoms with van der Waals surface area (Å²) in [7, 11) is 0. The van der Waals surface area contributed by atoms with E-state index < -0.39 is 5.60 Å². The molecule has 0 aromatic heterocycles. The number of benzene rings is 2. The van der Waals surface area contributed by atoms with Crippen molar-refractivity contribution in [3.05, 3.63) is 71.8 Å². The summed E-state index contributed by atoms with van der Waals surface area (Å²) in [5, 5.41) is 0. The Kier molecular flexibility index (Phi) is 2.39. The van der Waals surface area contributed by atoms with Crippen LogP contribution in [0.3, 0.4) is 0 Å². The van der Waals surface area contributed by atoms with Gasteiger partial charge in [-0.15, -0.1) is 0 Å². The zero-order chi connectivity index (χ0) is 13.6. The smallest absolute Gasteiger partial charge is 0.198 e. The van der Waals surface area contributed by atoms with Crippen LogP contribution in [0.4, 0.5) is 0 Å². The summed E-state index contributed by atoms with van der Waals surface area (Å²) in [6.07, 6.45) is 2.82. The predicted octanol–water partition coefficient (Wildman–Crippen LogP) is 3.72. The standard InChI is InChI=1S/C18H16O2/c19-16(14-8-3-1-4-9-14)18-13-7-12-17(18,20-18)15-10-5-2-6-11-15/h1-6,8-11H,7,12-13H2. The van der Waals surface area contributed by atoms with Crippen LogP contribution in [-0.4, -0.2) is 11.4 Å². The summed E-state index contributed by atoms with van der Waals surface area (Å²) in [4.78, 5) is 12.9. The zero-order valence-corrected chi connectivity index (χ0v) is 11.2. The van der Waals surface area contributed by atoms with Gasteiger partial charge in [0.05, 0.1) is 0 Å². The average molecular weight is 264 g/mol. The van der Waals surface area contributed by atoms with Crippen molar-refractivity contribution < 1.29 is 9.53 Å². The lowest BCUT2D eigenvalue weighted by atomic mass is 9.84. The molecule has 100 valence electrons. The number of ketones is 1. The molecule has 1 aliphatic heterocycles. The minimum absolute atomic E-state index is 0.138. The highest BCUT2D eigenvalue weighted by Crippen LogP contribution is 2.66. The molecule has 1 saturated heterocycles. The van der Waals surface area contributed by atoms with E-state index in [0.717, 1.165) is 30.4 Å². The van der Waals surface area contributed by atoms with Crippen LogP contribution in [-0.2, 0) is 10.3 Å². The van der Waals surface area contributed by atoms with Gasteiger partial charge in [-0.1, -0.05) is 60.7 Å². The molecule has 2 aromatic rings. The maximum Gasteiger partial charge on any atom is 0.198 e. The minimum atomic E-state index is -0.615. The Balaban J connectivity index is 1.75. The molecule has 2 aliphatic rings. The second-order valence-electron chi connectivity index (χ2n) is 5.67. The number of carbonyl (C=O) groups excluding carboxylic acids is 1. The van der Waals surface area contributed by atoms with Gasteiger partial charge in [-0.05, 0) is 24.8 Å². The van der Waals surface area contributed by atoms with E-state index in [1.807, 2.05) is 48.5 Å². The van der Waals surface area contributed by atoms with Gasteiger partial charge in [0.15, 0.2) is 11.4 Å². The number of ether oxygens (including phenoxy) is 1. The quantitative estimate of drug-likeness (QED) is 0.624. The van der Waals surface area contributed by atoms with Crippen LogP contribution >= 0.6 is 0 Å². The molecule has 2 fully saturated rings. The summed E-state index contributed by atoms with van der Waals surface area (Å²) in [6.45, 7) is 0. The lowest BCUT2D eigenvalue weighted by Gasteiger charge is -2.12. The molecular formula is C18H16O2. The van der Waals surface area contributed by atoms with Crippen LogP contribution in [0, 0.1) is 0 Å². The highest BCUT2D eigenvalue weighted by atomic mass is 16.6. The van der Waals surface area contributed by atoms with Gasteiger partial charge in [0.25, 0.3) is 0 Å². The van der Waals surface area contributed by atoms with Gasteiger partial charge < -0.3 is 4.74 Å². The number of fused-ring (bicyclic) bond motifs is 1. The summed E-state index contributed by atoms with van der Waals surface area (Å²) in [5.41, 5.74) is 0.908. The van der Waals surface area contributed by atoms with Crippen LogP contribution < -0.4 is 0 Å². The molecule has 2 nitrogen and oxygen atoms in total. The maximum absolute atomic E-state index is 12.9.